The third-order valence-corrected chi connectivity index (χ3v) is 2.75. The van der Waals surface area contributed by atoms with Crippen molar-refractivity contribution in [1.82, 2.24) is 0 Å². The van der Waals surface area contributed by atoms with Crippen LogP contribution in [0.1, 0.15) is 12.5 Å². The Balaban J connectivity index is 2.42. The Morgan fingerprint density at radius 2 is 2.21 bits per heavy atom. The zero-order valence-electron chi connectivity index (χ0n) is 8.75. The summed E-state index contributed by atoms with van der Waals surface area (Å²) in [6, 6.07) is 5.73. The molecule has 0 saturated carbocycles. The van der Waals surface area contributed by atoms with Crippen LogP contribution in [0.4, 0.5) is 5.69 Å². The Labute approximate surface area is 89.8 Å². The zero-order valence-corrected chi connectivity index (χ0v) is 9.56. The second-order valence-electron chi connectivity index (χ2n) is 3.07. The largest absolute Gasteiger partial charge is 0.492 e. The second-order valence-corrected chi connectivity index (χ2v) is 4.46. The minimum atomic E-state index is 0.767. The van der Waals surface area contributed by atoms with E-state index >= 15 is 0 Å². The van der Waals surface area contributed by atoms with Gasteiger partial charge in [0.1, 0.15) is 5.75 Å². The second kappa shape index (κ2) is 5.81. The average molecular weight is 211 g/mol. The van der Waals surface area contributed by atoms with Crippen molar-refractivity contribution in [3.05, 3.63) is 23.8 Å². The smallest absolute Gasteiger partial charge is 0.122 e. The lowest BCUT2D eigenvalue weighted by molar-refractivity contribution is 0.341. The number of thioether (sulfide) groups is 1. The molecule has 14 heavy (non-hydrogen) atoms. The van der Waals surface area contributed by atoms with Crippen LogP contribution in [0.5, 0.6) is 5.75 Å². The molecular weight excluding hydrogens is 194 g/mol. The summed E-state index contributed by atoms with van der Waals surface area (Å²) < 4.78 is 5.62. The van der Waals surface area contributed by atoms with Crippen molar-refractivity contribution in [2.75, 3.05) is 23.8 Å². The van der Waals surface area contributed by atoms with E-state index in [1.165, 1.54) is 0 Å². The SMILES string of the molecule is CCSCCOc1ccc(N)cc1C. The molecule has 0 fully saturated rings. The molecule has 1 rings (SSSR count). The third kappa shape index (κ3) is 3.50. The van der Waals surface area contributed by atoms with Gasteiger partial charge in [-0.05, 0) is 36.4 Å². The van der Waals surface area contributed by atoms with E-state index in [0.717, 1.165) is 35.1 Å². The van der Waals surface area contributed by atoms with Gasteiger partial charge in [-0.2, -0.15) is 11.8 Å². The predicted octanol–water partition coefficient (Wildman–Crippen LogP) is 2.71. The number of nitrogen functional groups attached to an aromatic ring is 1. The van der Waals surface area contributed by atoms with E-state index in [-0.39, 0.29) is 0 Å². The molecule has 0 aliphatic rings. The Kier molecular flexibility index (Phi) is 4.66. The fourth-order valence-corrected chi connectivity index (χ4v) is 1.68. The third-order valence-electron chi connectivity index (χ3n) is 1.89. The monoisotopic (exact) mass is 211 g/mol. The molecule has 0 aliphatic carbocycles. The summed E-state index contributed by atoms with van der Waals surface area (Å²) in [6.45, 7) is 4.93. The van der Waals surface area contributed by atoms with Crippen LogP contribution in [-0.4, -0.2) is 18.1 Å². The topological polar surface area (TPSA) is 35.2 Å². The van der Waals surface area contributed by atoms with Crippen molar-refractivity contribution in [3.63, 3.8) is 0 Å². The molecule has 0 bridgehead atoms. The molecule has 2 nitrogen and oxygen atoms in total. The van der Waals surface area contributed by atoms with E-state index in [1.54, 1.807) is 0 Å². The maximum atomic E-state index is 5.64. The maximum absolute atomic E-state index is 5.64. The molecule has 2 N–H and O–H groups in total. The molecular formula is C11H17NOS. The molecule has 1 aromatic rings. The van der Waals surface area contributed by atoms with Crippen LogP contribution in [0.2, 0.25) is 0 Å². The van der Waals surface area contributed by atoms with Gasteiger partial charge in [0.25, 0.3) is 0 Å². The van der Waals surface area contributed by atoms with Gasteiger partial charge in [0.15, 0.2) is 0 Å². The molecule has 0 aromatic heterocycles. The van der Waals surface area contributed by atoms with Crippen LogP contribution in [0.25, 0.3) is 0 Å². The molecule has 0 heterocycles. The normalized spacial score (nSPS) is 10.1. The minimum absolute atomic E-state index is 0.767. The van der Waals surface area contributed by atoms with Gasteiger partial charge in [-0.15, -0.1) is 0 Å². The molecule has 0 saturated heterocycles. The first-order chi connectivity index (χ1) is 6.74. The van der Waals surface area contributed by atoms with Crippen molar-refractivity contribution in [2.24, 2.45) is 0 Å². The number of aryl methyl sites for hydroxylation is 1. The molecule has 78 valence electrons. The van der Waals surface area contributed by atoms with Crippen LogP contribution in [0.3, 0.4) is 0 Å². The van der Waals surface area contributed by atoms with Gasteiger partial charge < -0.3 is 10.5 Å². The first-order valence-corrected chi connectivity index (χ1v) is 5.96. The summed E-state index contributed by atoms with van der Waals surface area (Å²) in [5.41, 5.74) is 7.54. The summed E-state index contributed by atoms with van der Waals surface area (Å²) in [5.74, 6) is 3.13. The quantitative estimate of drug-likeness (QED) is 0.601. The van der Waals surface area contributed by atoms with E-state index in [1.807, 2.05) is 36.9 Å². The number of anilines is 1. The van der Waals surface area contributed by atoms with Gasteiger partial charge in [-0.25, -0.2) is 0 Å². The average Bonchev–Trinajstić information content (AvgIpc) is 2.15. The molecule has 3 heteroatoms. The first-order valence-electron chi connectivity index (χ1n) is 4.80. The highest BCUT2D eigenvalue weighted by molar-refractivity contribution is 7.99. The summed E-state index contributed by atoms with van der Waals surface area (Å²) >= 11 is 1.89. The van der Waals surface area contributed by atoms with Crippen molar-refractivity contribution in [2.45, 2.75) is 13.8 Å². The number of benzene rings is 1. The Morgan fingerprint density at radius 1 is 1.43 bits per heavy atom. The molecule has 0 atom stereocenters. The van der Waals surface area contributed by atoms with Crippen molar-refractivity contribution < 1.29 is 4.74 Å². The highest BCUT2D eigenvalue weighted by Gasteiger charge is 1.98. The lowest BCUT2D eigenvalue weighted by Crippen LogP contribution is -2.01. The van der Waals surface area contributed by atoms with Crippen LogP contribution in [0.15, 0.2) is 18.2 Å². The Hall–Kier alpha value is -0.830. The molecule has 0 radical (unpaired) electrons. The van der Waals surface area contributed by atoms with Crippen LogP contribution < -0.4 is 10.5 Å². The standard InChI is InChI=1S/C11H17NOS/c1-3-14-7-6-13-11-5-4-10(12)8-9(11)2/h4-5,8H,3,6-7,12H2,1-2H3. The summed E-state index contributed by atoms with van der Waals surface area (Å²) in [5, 5.41) is 0. The van der Waals surface area contributed by atoms with Gasteiger partial charge in [-0.3, -0.25) is 0 Å². The van der Waals surface area contributed by atoms with E-state index in [9.17, 15) is 0 Å². The van der Waals surface area contributed by atoms with Crippen LogP contribution >= 0.6 is 11.8 Å². The van der Waals surface area contributed by atoms with Gasteiger partial charge in [0, 0.05) is 11.4 Å². The lowest BCUT2D eigenvalue weighted by Gasteiger charge is -2.08. The minimum Gasteiger partial charge on any atom is -0.492 e. The van der Waals surface area contributed by atoms with Gasteiger partial charge in [0.2, 0.25) is 0 Å². The van der Waals surface area contributed by atoms with Crippen molar-refractivity contribution in [3.8, 4) is 5.75 Å². The van der Waals surface area contributed by atoms with E-state index < -0.39 is 0 Å². The Morgan fingerprint density at radius 3 is 2.86 bits per heavy atom. The maximum Gasteiger partial charge on any atom is 0.122 e. The van der Waals surface area contributed by atoms with Gasteiger partial charge >= 0.3 is 0 Å². The van der Waals surface area contributed by atoms with E-state index in [0.29, 0.717) is 0 Å². The number of ether oxygens (including phenoxy) is 1. The fraction of sp³-hybridized carbons (Fsp3) is 0.455. The van der Waals surface area contributed by atoms with Gasteiger partial charge in [0.05, 0.1) is 6.61 Å². The molecule has 0 amide bonds. The fourth-order valence-electron chi connectivity index (χ4n) is 1.19. The summed E-state index contributed by atoms with van der Waals surface area (Å²) in [7, 11) is 0. The van der Waals surface area contributed by atoms with Crippen molar-refractivity contribution in [1.29, 1.82) is 0 Å². The van der Waals surface area contributed by atoms with Crippen LogP contribution in [0, 0.1) is 6.92 Å². The van der Waals surface area contributed by atoms with Crippen molar-refractivity contribution >= 4 is 17.4 Å². The van der Waals surface area contributed by atoms with Crippen LogP contribution in [-0.2, 0) is 0 Å². The number of rotatable bonds is 5. The first kappa shape index (κ1) is 11.2. The molecule has 0 unspecified atom stereocenters. The van der Waals surface area contributed by atoms with E-state index in [4.69, 9.17) is 10.5 Å². The summed E-state index contributed by atoms with van der Waals surface area (Å²) in [6.07, 6.45) is 0. The number of nitrogens with two attached hydrogens (primary N) is 1. The number of hydrogen-bond acceptors (Lipinski definition) is 3. The molecule has 1 aromatic carbocycles. The molecule has 0 aliphatic heterocycles. The lowest BCUT2D eigenvalue weighted by atomic mass is 10.2. The predicted molar refractivity (Wildman–Crippen MR) is 64.1 cm³/mol. The Bertz CT molecular complexity index is 289. The van der Waals surface area contributed by atoms with E-state index in [2.05, 4.69) is 6.92 Å². The molecule has 0 spiro atoms. The highest BCUT2D eigenvalue weighted by atomic mass is 32.2. The highest BCUT2D eigenvalue weighted by Crippen LogP contribution is 2.20. The zero-order chi connectivity index (χ0) is 10.4. The number of hydrogen-bond donors (Lipinski definition) is 1. The van der Waals surface area contributed by atoms with Gasteiger partial charge in [-0.1, -0.05) is 6.92 Å². The summed E-state index contributed by atoms with van der Waals surface area (Å²) in [4.78, 5) is 0.